The molecule has 0 amide bonds. The zero-order valence-corrected chi connectivity index (χ0v) is 38.5. The third-order valence-electron chi connectivity index (χ3n) is 17.0. The number of para-hydroxylation sites is 4. The van der Waals surface area contributed by atoms with Crippen molar-refractivity contribution in [1.82, 2.24) is 9.13 Å². The van der Waals surface area contributed by atoms with Crippen molar-refractivity contribution >= 4 is 78.1 Å². The smallest absolute Gasteiger partial charge is 0.256 e. The van der Waals surface area contributed by atoms with Gasteiger partial charge in [-0.25, -0.2) is 0 Å². The Kier molecular flexibility index (Phi) is 7.73. The lowest BCUT2D eigenvalue weighted by Crippen LogP contribution is -2.66. The molecule has 6 aliphatic rings. The van der Waals surface area contributed by atoms with E-state index in [1.807, 2.05) is 0 Å². The number of hydrogen-bond acceptors (Lipinski definition) is 2. The second-order valence-corrected chi connectivity index (χ2v) is 22.0. The Morgan fingerprint density at radius 2 is 0.985 bits per heavy atom. The fourth-order valence-electron chi connectivity index (χ4n) is 14.6. The Bertz CT molecular complexity index is 3570. The van der Waals surface area contributed by atoms with Crippen LogP contribution in [-0.2, 0) is 5.41 Å². The predicted molar refractivity (Wildman–Crippen MR) is 280 cm³/mol. The highest BCUT2D eigenvalue weighted by atomic mass is 16.5. The Hall–Kier alpha value is -6.98. The highest BCUT2D eigenvalue weighted by Crippen LogP contribution is 2.61. The molecule has 5 heteroatoms. The van der Waals surface area contributed by atoms with E-state index < -0.39 is 0 Å². The Morgan fingerprint density at radius 3 is 1.52 bits per heavy atom. The fourth-order valence-corrected chi connectivity index (χ4v) is 14.6. The van der Waals surface area contributed by atoms with Gasteiger partial charge in [0, 0.05) is 49.8 Å². The van der Waals surface area contributed by atoms with Gasteiger partial charge in [0.2, 0.25) is 0 Å². The summed E-state index contributed by atoms with van der Waals surface area (Å²) < 4.78 is 12.3. The standard InChI is InChI=1S/C62H52BN3O/c1-61(2,3)43-22-20-41(21-23-43)42-31-57-60-59(32-42)67-58-27-25-44(64-52-16-8-4-12-46(52)47-13-5-9-17-53(47)64)33-51(58)63(60)50-26-24-45(65-54-18-10-6-14-48(54)49-15-7-11-19-55(49)65)34-56(50)66(57)62-35-38-28-39(36-62)30-40(29-38)37-62/h4-27,31-34,38-40H,28-30,35-37H2,1-3H3. The molecule has 4 saturated carbocycles. The lowest BCUT2D eigenvalue weighted by atomic mass is 9.33. The van der Waals surface area contributed by atoms with Crippen molar-refractivity contribution < 1.29 is 4.74 Å². The molecular formula is C62H52BN3O. The quantitative estimate of drug-likeness (QED) is 0.164. The van der Waals surface area contributed by atoms with Crippen LogP contribution in [0.4, 0.5) is 11.4 Å². The first-order valence-electron chi connectivity index (χ1n) is 24.8. The average Bonchev–Trinajstić information content (AvgIpc) is 3.86. The fraction of sp³-hybridized carbons (Fsp3) is 0.226. The molecule has 4 bridgehead atoms. The van der Waals surface area contributed by atoms with Gasteiger partial charge in [0.15, 0.2) is 0 Å². The Labute approximate surface area is 392 Å². The van der Waals surface area contributed by atoms with Crippen molar-refractivity contribution in [1.29, 1.82) is 0 Å². The highest BCUT2D eigenvalue weighted by Gasteiger charge is 2.57. The third kappa shape index (κ3) is 5.43. The summed E-state index contributed by atoms with van der Waals surface area (Å²) in [6, 6.07) is 64.4. The van der Waals surface area contributed by atoms with E-state index in [-0.39, 0.29) is 17.7 Å². The second-order valence-electron chi connectivity index (χ2n) is 22.0. The van der Waals surface area contributed by atoms with Crippen LogP contribution in [0.5, 0.6) is 11.5 Å². The molecule has 67 heavy (non-hydrogen) atoms. The lowest BCUT2D eigenvalue weighted by molar-refractivity contribution is 0.000633. The molecule has 0 radical (unpaired) electrons. The van der Waals surface area contributed by atoms with Crippen molar-refractivity contribution in [3.63, 3.8) is 0 Å². The molecule has 0 N–H and O–H groups in total. The normalized spacial score (nSPS) is 21.3. The van der Waals surface area contributed by atoms with Gasteiger partial charge < -0.3 is 18.8 Å². The summed E-state index contributed by atoms with van der Waals surface area (Å²) in [7, 11) is 0. The van der Waals surface area contributed by atoms with Gasteiger partial charge in [-0.2, -0.15) is 0 Å². The van der Waals surface area contributed by atoms with Crippen LogP contribution < -0.4 is 26.0 Å². The van der Waals surface area contributed by atoms with Crippen LogP contribution in [0.3, 0.4) is 0 Å². The van der Waals surface area contributed by atoms with Crippen molar-refractivity contribution in [2.45, 2.75) is 70.3 Å². The summed E-state index contributed by atoms with van der Waals surface area (Å²) >= 11 is 0. The molecule has 10 aromatic rings. The van der Waals surface area contributed by atoms with Crippen LogP contribution in [0.15, 0.2) is 170 Å². The number of benzene rings is 8. The highest BCUT2D eigenvalue weighted by molar-refractivity contribution is 6.99. The molecule has 0 saturated heterocycles. The molecule has 16 rings (SSSR count). The molecular weight excluding hydrogens is 814 g/mol. The third-order valence-corrected chi connectivity index (χ3v) is 17.0. The molecule has 0 unspecified atom stereocenters. The first kappa shape index (κ1) is 38.2. The van der Waals surface area contributed by atoms with Crippen molar-refractivity contribution in [3.05, 3.63) is 175 Å². The maximum atomic E-state index is 7.33. The molecule has 324 valence electrons. The number of anilines is 2. The molecule has 4 nitrogen and oxygen atoms in total. The average molecular weight is 866 g/mol. The first-order chi connectivity index (χ1) is 32.8. The molecule has 4 heterocycles. The van der Waals surface area contributed by atoms with Crippen molar-refractivity contribution in [2.24, 2.45) is 17.8 Å². The molecule has 4 fully saturated rings. The minimum absolute atomic E-state index is 0.0218. The number of fused-ring (bicyclic) bond motifs is 10. The van der Waals surface area contributed by atoms with Gasteiger partial charge in [0.1, 0.15) is 11.5 Å². The zero-order valence-electron chi connectivity index (χ0n) is 38.5. The summed E-state index contributed by atoms with van der Waals surface area (Å²) in [6.07, 6.45) is 7.92. The maximum absolute atomic E-state index is 7.33. The topological polar surface area (TPSA) is 22.3 Å². The minimum atomic E-state index is -0.0218. The molecule has 4 aliphatic carbocycles. The first-order valence-corrected chi connectivity index (χ1v) is 24.8. The van der Waals surface area contributed by atoms with Crippen LogP contribution >= 0.6 is 0 Å². The predicted octanol–water partition coefficient (Wildman–Crippen LogP) is 13.9. The van der Waals surface area contributed by atoms with E-state index in [0.29, 0.717) is 0 Å². The van der Waals surface area contributed by atoms with E-state index in [0.717, 1.165) is 34.9 Å². The lowest BCUT2D eigenvalue weighted by Gasteiger charge is -2.62. The molecule has 2 aromatic heterocycles. The van der Waals surface area contributed by atoms with Gasteiger partial charge in [0.05, 0.1) is 22.1 Å². The minimum Gasteiger partial charge on any atom is -0.458 e. The summed E-state index contributed by atoms with van der Waals surface area (Å²) in [5, 5.41) is 5.13. The summed E-state index contributed by atoms with van der Waals surface area (Å²) in [6.45, 7) is 6.89. The zero-order chi connectivity index (χ0) is 44.3. The van der Waals surface area contributed by atoms with Crippen LogP contribution in [-0.4, -0.2) is 21.4 Å². The number of rotatable bonds is 4. The van der Waals surface area contributed by atoms with E-state index in [1.165, 1.54) is 132 Å². The number of hydrogen-bond donors (Lipinski definition) is 0. The van der Waals surface area contributed by atoms with Gasteiger partial charge in [-0.1, -0.05) is 124 Å². The van der Waals surface area contributed by atoms with E-state index in [4.69, 9.17) is 4.74 Å². The van der Waals surface area contributed by atoms with E-state index in [2.05, 4.69) is 205 Å². The molecule has 0 spiro atoms. The Balaban J connectivity index is 1.01. The van der Waals surface area contributed by atoms with Crippen molar-refractivity contribution in [2.75, 3.05) is 4.90 Å². The monoisotopic (exact) mass is 865 g/mol. The summed E-state index contributed by atoms with van der Waals surface area (Å²) in [5.74, 6) is 4.27. The van der Waals surface area contributed by atoms with E-state index in [1.54, 1.807) is 0 Å². The van der Waals surface area contributed by atoms with Crippen LogP contribution in [0, 0.1) is 17.8 Å². The van der Waals surface area contributed by atoms with Gasteiger partial charge in [0.25, 0.3) is 6.71 Å². The van der Waals surface area contributed by atoms with Crippen LogP contribution in [0.2, 0.25) is 0 Å². The molecule has 0 atom stereocenters. The van der Waals surface area contributed by atoms with Crippen molar-refractivity contribution in [3.8, 4) is 34.0 Å². The SMILES string of the molecule is CC(C)(C)c1ccc(-c2cc3c4c(c2)N(C25CC6CC(CC(C6)C2)C5)c2cc(-n5c6ccccc6c6ccccc65)ccc2B4c2cc(-n4c5ccccc5c5ccccc54)ccc2O3)cc1. The number of aromatic nitrogens is 2. The van der Waals surface area contributed by atoms with E-state index >= 15 is 0 Å². The number of ether oxygens (including phenoxy) is 1. The largest absolute Gasteiger partial charge is 0.458 e. The van der Waals surface area contributed by atoms with E-state index in [9.17, 15) is 0 Å². The van der Waals surface area contributed by atoms with Gasteiger partial charge >= 0.3 is 0 Å². The number of nitrogens with zero attached hydrogens (tertiary/aromatic N) is 3. The van der Waals surface area contributed by atoms with Gasteiger partial charge in [-0.05, 0) is 162 Å². The van der Waals surface area contributed by atoms with Gasteiger partial charge in [-0.15, -0.1) is 0 Å². The second kappa shape index (κ2) is 13.6. The Morgan fingerprint density at radius 1 is 0.478 bits per heavy atom. The van der Waals surface area contributed by atoms with Gasteiger partial charge in [-0.3, -0.25) is 0 Å². The van der Waals surface area contributed by atoms with Crippen LogP contribution in [0.1, 0.15) is 64.9 Å². The maximum Gasteiger partial charge on any atom is 0.256 e. The molecule has 2 aliphatic heterocycles. The molecule has 8 aromatic carbocycles. The summed E-state index contributed by atoms with van der Waals surface area (Å²) in [4.78, 5) is 2.93. The van der Waals surface area contributed by atoms with Crippen LogP contribution in [0.25, 0.3) is 66.1 Å². The summed E-state index contributed by atoms with van der Waals surface area (Å²) in [5.41, 5.74) is 17.8.